The third-order valence-electron chi connectivity index (χ3n) is 3.17. The molecule has 110 valence electrons. The van der Waals surface area contributed by atoms with Crippen LogP contribution in [0.25, 0.3) is 0 Å². The van der Waals surface area contributed by atoms with Gasteiger partial charge in [-0.1, -0.05) is 35.9 Å². The van der Waals surface area contributed by atoms with Crippen molar-refractivity contribution in [2.75, 3.05) is 19.8 Å². The van der Waals surface area contributed by atoms with E-state index in [2.05, 4.69) is 0 Å². The van der Waals surface area contributed by atoms with E-state index in [0.717, 1.165) is 22.4 Å². The molecule has 2 aromatic rings. The van der Waals surface area contributed by atoms with Gasteiger partial charge in [-0.15, -0.1) is 0 Å². The Morgan fingerprint density at radius 3 is 2.52 bits per heavy atom. The van der Waals surface area contributed by atoms with E-state index in [1.54, 1.807) is 0 Å². The largest absolute Gasteiger partial charge is 0.491 e. The van der Waals surface area contributed by atoms with Gasteiger partial charge in [-0.3, -0.25) is 4.79 Å². The Hall–Kier alpha value is -2.13. The van der Waals surface area contributed by atoms with Gasteiger partial charge in [0.1, 0.15) is 19.0 Å². The lowest BCUT2D eigenvalue weighted by Gasteiger charge is -2.08. The second-order valence-electron chi connectivity index (χ2n) is 4.96. The van der Waals surface area contributed by atoms with Crippen molar-refractivity contribution in [3.05, 3.63) is 65.2 Å². The van der Waals surface area contributed by atoms with Crippen LogP contribution in [-0.4, -0.2) is 25.6 Å². The second-order valence-corrected chi connectivity index (χ2v) is 4.96. The van der Waals surface area contributed by atoms with Crippen LogP contribution >= 0.6 is 0 Å². The van der Waals surface area contributed by atoms with Gasteiger partial charge < -0.3 is 9.47 Å². The summed E-state index contributed by atoms with van der Waals surface area (Å²) < 4.78 is 10.9. The van der Waals surface area contributed by atoms with E-state index < -0.39 is 0 Å². The van der Waals surface area contributed by atoms with Gasteiger partial charge in [0, 0.05) is 5.56 Å². The molecule has 0 aliphatic heterocycles. The molecule has 0 fully saturated rings. The minimum atomic E-state index is 0.0101. The third kappa shape index (κ3) is 4.72. The summed E-state index contributed by atoms with van der Waals surface area (Å²) in [7, 11) is 0. The molecule has 3 nitrogen and oxygen atoms in total. The molecule has 2 rings (SSSR count). The van der Waals surface area contributed by atoms with Crippen LogP contribution < -0.4 is 4.74 Å². The summed E-state index contributed by atoms with van der Waals surface area (Å²) in [6, 6.07) is 15.4. The molecule has 0 aromatic heterocycles. The molecule has 0 unspecified atom stereocenters. The van der Waals surface area contributed by atoms with E-state index in [0.29, 0.717) is 13.2 Å². The first-order chi connectivity index (χ1) is 10.2. The van der Waals surface area contributed by atoms with Gasteiger partial charge in [0.05, 0.1) is 6.61 Å². The average molecular weight is 284 g/mol. The molecule has 21 heavy (non-hydrogen) atoms. The number of ether oxygens (including phenoxy) is 2. The van der Waals surface area contributed by atoms with E-state index in [4.69, 9.17) is 9.47 Å². The number of para-hydroxylation sites is 1. The fourth-order valence-electron chi connectivity index (χ4n) is 2.01. The Kier molecular flexibility index (Phi) is 5.52. The lowest BCUT2D eigenvalue weighted by molar-refractivity contribution is 0.0687. The van der Waals surface area contributed by atoms with E-state index >= 15 is 0 Å². The highest BCUT2D eigenvalue weighted by molar-refractivity contribution is 5.98. The number of Topliss-reactive ketones (excluding diaryl/α,β-unsaturated/α-hetero) is 1. The van der Waals surface area contributed by atoms with Gasteiger partial charge in [-0.25, -0.2) is 0 Å². The molecule has 3 heteroatoms. The summed E-state index contributed by atoms with van der Waals surface area (Å²) >= 11 is 0. The molecule has 2 aromatic carbocycles. The molecule has 0 bridgehead atoms. The summed E-state index contributed by atoms with van der Waals surface area (Å²) in [4.78, 5) is 12.1. The number of carbonyl (C=O) groups is 1. The van der Waals surface area contributed by atoms with Crippen molar-refractivity contribution in [1.82, 2.24) is 0 Å². The van der Waals surface area contributed by atoms with Crippen molar-refractivity contribution in [3.8, 4) is 5.75 Å². The molecular formula is C18H20O3. The first-order valence-corrected chi connectivity index (χ1v) is 7.03. The zero-order valence-corrected chi connectivity index (χ0v) is 12.5. The standard InChI is InChI=1S/C18H20O3/c1-14-8-9-15(2)17(12-14)18(19)13-20-10-11-21-16-6-4-3-5-7-16/h3-9,12H,10-11,13H2,1-2H3. The highest BCUT2D eigenvalue weighted by Crippen LogP contribution is 2.11. The normalized spacial score (nSPS) is 10.4. The summed E-state index contributed by atoms with van der Waals surface area (Å²) in [5, 5.41) is 0. The molecule has 0 saturated carbocycles. The van der Waals surface area contributed by atoms with Crippen LogP contribution in [0, 0.1) is 13.8 Å². The molecule has 0 atom stereocenters. The molecule has 0 N–H and O–H groups in total. The maximum atomic E-state index is 12.1. The molecule has 0 heterocycles. The SMILES string of the molecule is Cc1ccc(C)c(C(=O)COCCOc2ccccc2)c1. The molecule has 0 amide bonds. The van der Waals surface area contributed by atoms with Crippen molar-refractivity contribution in [1.29, 1.82) is 0 Å². The van der Waals surface area contributed by atoms with Gasteiger partial charge in [-0.2, -0.15) is 0 Å². The van der Waals surface area contributed by atoms with Crippen LogP contribution in [0.2, 0.25) is 0 Å². The Labute approximate surface area is 125 Å². The molecule has 0 spiro atoms. The van der Waals surface area contributed by atoms with Crippen molar-refractivity contribution in [2.24, 2.45) is 0 Å². The van der Waals surface area contributed by atoms with Crippen LogP contribution in [0.5, 0.6) is 5.75 Å². The zero-order valence-electron chi connectivity index (χ0n) is 12.5. The van der Waals surface area contributed by atoms with Crippen LogP contribution in [0.1, 0.15) is 21.5 Å². The number of hydrogen-bond acceptors (Lipinski definition) is 3. The summed E-state index contributed by atoms with van der Waals surface area (Å²) in [5.74, 6) is 0.817. The smallest absolute Gasteiger partial charge is 0.188 e. The minimum absolute atomic E-state index is 0.0101. The third-order valence-corrected chi connectivity index (χ3v) is 3.17. The maximum absolute atomic E-state index is 12.1. The Morgan fingerprint density at radius 2 is 1.76 bits per heavy atom. The monoisotopic (exact) mass is 284 g/mol. The molecule has 0 aliphatic rings. The molecular weight excluding hydrogens is 264 g/mol. The van der Waals surface area contributed by atoms with Gasteiger partial charge in [0.25, 0.3) is 0 Å². The lowest BCUT2D eigenvalue weighted by Crippen LogP contribution is -2.14. The first kappa shape index (κ1) is 15.3. The Bertz CT molecular complexity index is 591. The highest BCUT2D eigenvalue weighted by atomic mass is 16.5. The average Bonchev–Trinajstić information content (AvgIpc) is 2.50. The number of ketones is 1. The molecule has 0 saturated heterocycles. The topological polar surface area (TPSA) is 35.5 Å². The van der Waals surface area contributed by atoms with Crippen molar-refractivity contribution in [3.63, 3.8) is 0 Å². The fraction of sp³-hybridized carbons (Fsp3) is 0.278. The van der Waals surface area contributed by atoms with Crippen molar-refractivity contribution < 1.29 is 14.3 Å². The number of carbonyl (C=O) groups excluding carboxylic acids is 1. The predicted molar refractivity (Wildman–Crippen MR) is 83.0 cm³/mol. The minimum Gasteiger partial charge on any atom is -0.491 e. The second kappa shape index (κ2) is 7.60. The highest BCUT2D eigenvalue weighted by Gasteiger charge is 2.09. The van der Waals surface area contributed by atoms with Crippen molar-refractivity contribution in [2.45, 2.75) is 13.8 Å². The van der Waals surface area contributed by atoms with Gasteiger partial charge >= 0.3 is 0 Å². The van der Waals surface area contributed by atoms with Gasteiger partial charge in [0.2, 0.25) is 0 Å². The Morgan fingerprint density at radius 1 is 1.00 bits per heavy atom. The van der Waals surface area contributed by atoms with Crippen molar-refractivity contribution >= 4 is 5.78 Å². The van der Waals surface area contributed by atoms with Crippen LogP contribution in [0.4, 0.5) is 0 Å². The first-order valence-electron chi connectivity index (χ1n) is 7.03. The number of hydrogen-bond donors (Lipinski definition) is 0. The number of rotatable bonds is 7. The fourth-order valence-corrected chi connectivity index (χ4v) is 2.01. The van der Waals surface area contributed by atoms with Crippen LogP contribution in [-0.2, 0) is 4.74 Å². The van der Waals surface area contributed by atoms with E-state index in [1.165, 1.54) is 0 Å². The number of aryl methyl sites for hydroxylation is 2. The maximum Gasteiger partial charge on any atom is 0.188 e. The van der Waals surface area contributed by atoms with Crippen LogP contribution in [0.3, 0.4) is 0 Å². The quantitative estimate of drug-likeness (QED) is 0.576. The summed E-state index contributed by atoms with van der Waals surface area (Å²) in [6.45, 7) is 4.83. The van der Waals surface area contributed by atoms with Gasteiger partial charge in [0.15, 0.2) is 5.78 Å². The summed E-state index contributed by atoms with van der Waals surface area (Å²) in [6.07, 6.45) is 0. The van der Waals surface area contributed by atoms with E-state index in [9.17, 15) is 4.79 Å². The predicted octanol–water partition coefficient (Wildman–Crippen LogP) is 3.58. The summed E-state index contributed by atoms with van der Waals surface area (Å²) in [5.41, 5.74) is 2.80. The van der Waals surface area contributed by atoms with E-state index in [1.807, 2.05) is 62.4 Å². The lowest BCUT2D eigenvalue weighted by atomic mass is 10.0. The zero-order chi connectivity index (χ0) is 15.1. The number of benzene rings is 2. The van der Waals surface area contributed by atoms with Crippen LogP contribution in [0.15, 0.2) is 48.5 Å². The molecule has 0 aliphatic carbocycles. The van der Waals surface area contributed by atoms with Gasteiger partial charge in [-0.05, 0) is 37.6 Å². The van der Waals surface area contributed by atoms with E-state index in [-0.39, 0.29) is 12.4 Å². The Balaban J connectivity index is 1.73. The molecule has 0 radical (unpaired) electrons.